The summed E-state index contributed by atoms with van der Waals surface area (Å²) in [5, 5.41) is 10.6. The highest BCUT2D eigenvalue weighted by molar-refractivity contribution is 8.01. The van der Waals surface area contributed by atoms with Gasteiger partial charge in [-0.15, -0.1) is 11.3 Å². The van der Waals surface area contributed by atoms with Crippen LogP contribution in [-0.4, -0.2) is 26.4 Å². The number of para-hydroxylation sites is 1. The molecule has 0 aliphatic carbocycles. The van der Waals surface area contributed by atoms with E-state index in [-0.39, 0.29) is 22.9 Å². The summed E-state index contributed by atoms with van der Waals surface area (Å²) in [7, 11) is 0. The molecule has 6 nitrogen and oxygen atoms in total. The lowest BCUT2D eigenvalue weighted by Crippen LogP contribution is -2.02. The van der Waals surface area contributed by atoms with Gasteiger partial charge in [-0.1, -0.05) is 23.9 Å². The maximum Gasteiger partial charge on any atom is 0.287 e. The van der Waals surface area contributed by atoms with Gasteiger partial charge < -0.3 is 4.98 Å². The van der Waals surface area contributed by atoms with E-state index in [0.29, 0.717) is 0 Å². The molecule has 0 unspecified atom stereocenters. The third kappa shape index (κ3) is 2.96. The van der Waals surface area contributed by atoms with Crippen molar-refractivity contribution in [1.82, 2.24) is 9.97 Å². The Morgan fingerprint density at radius 2 is 2.24 bits per heavy atom. The molecule has 0 radical (unpaired) electrons. The number of nitro groups is 1. The normalized spacial score (nSPS) is 10.9. The van der Waals surface area contributed by atoms with E-state index in [1.165, 1.54) is 35.4 Å². The number of rotatable bonds is 5. The molecule has 0 bridgehead atoms. The number of fused-ring (bicyclic) bond motifs is 1. The van der Waals surface area contributed by atoms with Crippen LogP contribution < -0.4 is 0 Å². The van der Waals surface area contributed by atoms with Crippen molar-refractivity contribution in [3.63, 3.8) is 0 Å². The second-order valence-corrected chi connectivity index (χ2v) is 6.44. The molecule has 0 fully saturated rings. The molecule has 1 aromatic carbocycles. The van der Waals surface area contributed by atoms with Crippen LogP contribution >= 0.6 is 23.1 Å². The molecule has 106 valence electrons. The summed E-state index contributed by atoms with van der Waals surface area (Å²) >= 11 is 2.86. The molecule has 3 rings (SSSR count). The van der Waals surface area contributed by atoms with E-state index >= 15 is 0 Å². The van der Waals surface area contributed by atoms with Gasteiger partial charge in [0.2, 0.25) is 0 Å². The Kier molecular flexibility index (Phi) is 3.72. The van der Waals surface area contributed by atoms with Crippen LogP contribution in [0.3, 0.4) is 0 Å². The second-order valence-electron chi connectivity index (χ2n) is 4.19. The van der Waals surface area contributed by atoms with Crippen molar-refractivity contribution in [3.05, 3.63) is 52.3 Å². The number of nitrogens with zero attached hydrogens (tertiary/aromatic N) is 2. The number of ketones is 1. The maximum atomic E-state index is 12.0. The Morgan fingerprint density at radius 1 is 1.43 bits per heavy atom. The molecule has 0 saturated heterocycles. The SMILES string of the molecule is O=C(CSc1nc2ccccc2s1)c1cc([N+](=O)[O-])c[nH]1. The van der Waals surface area contributed by atoms with Gasteiger partial charge in [-0.25, -0.2) is 4.98 Å². The van der Waals surface area contributed by atoms with E-state index < -0.39 is 4.92 Å². The molecular weight excluding hydrogens is 310 g/mol. The number of thiazole rings is 1. The first-order valence-corrected chi connectivity index (χ1v) is 7.78. The number of aromatic amines is 1. The fourth-order valence-corrected chi connectivity index (χ4v) is 3.72. The van der Waals surface area contributed by atoms with Gasteiger partial charge in [-0.05, 0) is 12.1 Å². The van der Waals surface area contributed by atoms with Gasteiger partial charge in [0, 0.05) is 6.07 Å². The van der Waals surface area contributed by atoms with Crippen molar-refractivity contribution in [3.8, 4) is 0 Å². The summed E-state index contributed by atoms with van der Waals surface area (Å²) in [6.45, 7) is 0. The Bertz CT molecular complexity index is 792. The van der Waals surface area contributed by atoms with Gasteiger partial charge in [-0.2, -0.15) is 0 Å². The quantitative estimate of drug-likeness (QED) is 0.336. The highest BCUT2D eigenvalue weighted by Crippen LogP contribution is 2.29. The number of hydrogen-bond donors (Lipinski definition) is 1. The van der Waals surface area contributed by atoms with Gasteiger partial charge in [0.15, 0.2) is 10.1 Å². The lowest BCUT2D eigenvalue weighted by atomic mass is 10.3. The molecule has 0 saturated carbocycles. The summed E-state index contributed by atoms with van der Waals surface area (Å²) in [6, 6.07) is 9.01. The van der Waals surface area contributed by atoms with Crippen molar-refractivity contribution in [2.24, 2.45) is 0 Å². The van der Waals surface area contributed by atoms with Crippen LogP contribution in [0, 0.1) is 10.1 Å². The van der Waals surface area contributed by atoms with E-state index in [9.17, 15) is 14.9 Å². The minimum absolute atomic E-state index is 0.108. The topological polar surface area (TPSA) is 88.9 Å². The summed E-state index contributed by atoms with van der Waals surface area (Å²) in [6.07, 6.45) is 1.22. The van der Waals surface area contributed by atoms with Crippen LogP contribution in [0.4, 0.5) is 5.69 Å². The van der Waals surface area contributed by atoms with E-state index in [4.69, 9.17) is 0 Å². The first-order valence-electron chi connectivity index (χ1n) is 5.98. The van der Waals surface area contributed by atoms with Gasteiger partial charge in [-0.3, -0.25) is 14.9 Å². The zero-order valence-corrected chi connectivity index (χ0v) is 12.2. The smallest absolute Gasteiger partial charge is 0.287 e. The van der Waals surface area contributed by atoms with Gasteiger partial charge in [0.1, 0.15) is 0 Å². The van der Waals surface area contributed by atoms with Crippen LogP contribution in [0.5, 0.6) is 0 Å². The standard InChI is InChI=1S/C13H9N3O3S2/c17-11(10-5-8(6-14-10)16(18)19)7-20-13-15-9-3-1-2-4-12(9)21-13/h1-6,14H,7H2. The molecule has 0 spiro atoms. The lowest BCUT2D eigenvalue weighted by Gasteiger charge is -1.94. The fraction of sp³-hybridized carbons (Fsp3) is 0.0769. The predicted octanol–water partition coefficient (Wildman–Crippen LogP) is 3.51. The zero-order chi connectivity index (χ0) is 14.8. The minimum atomic E-state index is -0.534. The van der Waals surface area contributed by atoms with Crippen molar-refractivity contribution < 1.29 is 9.72 Å². The maximum absolute atomic E-state index is 12.0. The van der Waals surface area contributed by atoms with Crippen molar-refractivity contribution in [2.75, 3.05) is 5.75 Å². The molecule has 2 heterocycles. The summed E-state index contributed by atoms with van der Waals surface area (Å²) < 4.78 is 1.88. The van der Waals surface area contributed by atoms with E-state index in [1.54, 1.807) is 0 Å². The third-order valence-electron chi connectivity index (χ3n) is 2.78. The molecule has 8 heteroatoms. The Hall–Kier alpha value is -2.19. The molecular formula is C13H9N3O3S2. The zero-order valence-electron chi connectivity index (χ0n) is 10.6. The summed E-state index contributed by atoms with van der Waals surface area (Å²) in [4.78, 5) is 29.1. The van der Waals surface area contributed by atoms with Gasteiger partial charge in [0.25, 0.3) is 5.69 Å². The number of carbonyl (C=O) groups excluding carboxylic acids is 1. The highest BCUT2D eigenvalue weighted by Gasteiger charge is 2.15. The van der Waals surface area contributed by atoms with Crippen molar-refractivity contribution in [2.45, 2.75) is 4.34 Å². The van der Waals surface area contributed by atoms with E-state index in [1.807, 2.05) is 24.3 Å². The first kappa shape index (κ1) is 13.8. The number of Topliss-reactive ketones (excluding diaryl/α,β-unsaturated/α-hetero) is 1. The number of nitrogens with one attached hydrogen (secondary N) is 1. The molecule has 3 aromatic rings. The van der Waals surface area contributed by atoms with E-state index in [0.717, 1.165) is 14.6 Å². The lowest BCUT2D eigenvalue weighted by molar-refractivity contribution is -0.384. The Morgan fingerprint density at radius 3 is 2.95 bits per heavy atom. The number of H-pyrrole nitrogens is 1. The van der Waals surface area contributed by atoms with Crippen LogP contribution in [0.25, 0.3) is 10.2 Å². The van der Waals surface area contributed by atoms with Crippen molar-refractivity contribution >= 4 is 44.8 Å². The molecule has 0 aliphatic rings. The van der Waals surface area contributed by atoms with Crippen LogP contribution in [0.1, 0.15) is 10.5 Å². The molecule has 0 atom stereocenters. The fourth-order valence-electron chi connectivity index (χ4n) is 1.77. The second kappa shape index (κ2) is 5.66. The Balaban J connectivity index is 1.68. The first-order chi connectivity index (χ1) is 10.1. The Labute approximate surface area is 127 Å². The monoisotopic (exact) mass is 319 g/mol. The summed E-state index contributed by atoms with van der Waals surface area (Å²) in [5.41, 5.74) is 1.05. The number of carbonyl (C=O) groups is 1. The molecule has 0 aliphatic heterocycles. The molecule has 1 N–H and O–H groups in total. The molecule has 0 amide bonds. The summed E-state index contributed by atoms with van der Waals surface area (Å²) in [5.74, 6) is 0.00432. The van der Waals surface area contributed by atoms with Gasteiger partial charge >= 0.3 is 0 Å². The third-order valence-corrected chi connectivity index (χ3v) is 4.96. The average Bonchev–Trinajstić information content (AvgIpc) is 3.11. The predicted molar refractivity (Wildman–Crippen MR) is 82.1 cm³/mol. The minimum Gasteiger partial charge on any atom is -0.353 e. The average molecular weight is 319 g/mol. The van der Waals surface area contributed by atoms with Crippen molar-refractivity contribution in [1.29, 1.82) is 0 Å². The number of thioether (sulfide) groups is 1. The number of aromatic nitrogens is 2. The number of benzene rings is 1. The van der Waals surface area contributed by atoms with Crippen LogP contribution in [0.15, 0.2) is 40.9 Å². The molecule has 2 aromatic heterocycles. The molecule has 21 heavy (non-hydrogen) atoms. The van der Waals surface area contributed by atoms with Gasteiger partial charge in [0.05, 0.1) is 32.8 Å². The highest BCUT2D eigenvalue weighted by atomic mass is 32.2. The number of hydrogen-bond acceptors (Lipinski definition) is 6. The van der Waals surface area contributed by atoms with Crippen LogP contribution in [-0.2, 0) is 0 Å². The largest absolute Gasteiger partial charge is 0.353 e. The van der Waals surface area contributed by atoms with Crippen LogP contribution in [0.2, 0.25) is 0 Å². The van der Waals surface area contributed by atoms with E-state index in [2.05, 4.69) is 9.97 Å².